The van der Waals surface area contributed by atoms with E-state index in [9.17, 15) is 0 Å². The number of tetrazole rings is 2. The Kier molecular flexibility index (Phi) is 3.77. The van der Waals surface area contributed by atoms with Crippen LogP contribution in [0.2, 0.25) is 0 Å². The number of hydrogen-bond donors (Lipinski definition) is 0. The highest BCUT2D eigenvalue weighted by Gasteiger charge is 2.08. The van der Waals surface area contributed by atoms with Crippen LogP contribution in [0.25, 0.3) is 22.8 Å². The second-order valence-electron chi connectivity index (χ2n) is 5.15. The summed E-state index contributed by atoms with van der Waals surface area (Å²) in [6.07, 6.45) is 0. The summed E-state index contributed by atoms with van der Waals surface area (Å²) in [4.78, 5) is 3.07. The summed E-state index contributed by atoms with van der Waals surface area (Å²) in [5.74, 6) is 1.21. The zero-order valence-electron chi connectivity index (χ0n) is 12.8. The molecule has 0 unspecified atom stereocenters. The van der Waals surface area contributed by atoms with Crippen LogP contribution in [-0.2, 0) is 13.1 Å². The van der Waals surface area contributed by atoms with Gasteiger partial charge in [-0.15, -0.1) is 20.4 Å². The Balaban J connectivity index is 1.43. The SMILES string of the molecule is c1ccc(-c2nnn(CCn3nnc(-c4ccccc4)n3)n2)cc1. The highest BCUT2D eigenvalue weighted by molar-refractivity contribution is 5.53. The maximum atomic E-state index is 4.37. The van der Waals surface area contributed by atoms with Gasteiger partial charge in [-0.2, -0.15) is 9.59 Å². The van der Waals surface area contributed by atoms with Gasteiger partial charge in [0.25, 0.3) is 0 Å². The molecule has 2 heterocycles. The van der Waals surface area contributed by atoms with E-state index in [1.807, 2.05) is 60.7 Å². The molecule has 118 valence electrons. The van der Waals surface area contributed by atoms with Crippen molar-refractivity contribution in [1.82, 2.24) is 40.4 Å². The molecule has 0 saturated heterocycles. The first-order valence-electron chi connectivity index (χ1n) is 7.55. The van der Waals surface area contributed by atoms with Crippen molar-refractivity contribution in [3.63, 3.8) is 0 Å². The summed E-state index contributed by atoms with van der Waals surface area (Å²) < 4.78 is 0. The van der Waals surface area contributed by atoms with Gasteiger partial charge in [0, 0.05) is 11.1 Å². The molecule has 0 aliphatic carbocycles. The van der Waals surface area contributed by atoms with Gasteiger partial charge in [0.15, 0.2) is 0 Å². The number of aromatic nitrogens is 8. The van der Waals surface area contributed by atoms with Gasteiger partial charge in [-0.05, 0) is 10.4 Å². The molecule has 0 bridgehead atoms. The number of hydrogen-bond acceptors (Lipinski definition) is 6. The Morgan fingerprint density at radius 2 is 1.00 bits per heavy atom. The number of nitrogens with zero attached hydrogens (tertiary/aromatic N) is 8. The summed E-state index contributed by atoms with van der Waals surface area (Å²) in [6, 6.07) is 19.5. The van der Waals surface area contributed by atoms with Crippen molar-refractivity contribution in [2.75, 3.05) is 0 Å². The molecule has 0 amide bonds. The first-order chi connectivity index (χ1) is 11.9. The maximum absolute atomic E-state index is 4.37. The van der Waals surface area contributed by atoms with Gasteiger partial charge in [-0.25, -0.2) is 0 Å². The predicted octanol–water partition coefficient (Wildman–Crippen LogP) is 1.69. The Bertz CT molecular complexity index is 836. The van der Waals surface area contributed by atoms with Gasteiger partial charge in [0.1, 0.15) is 0 Å². The molecule has 2 aromatic heterocycles. The van der Waals surface area contributed by atoms with E-state index in [-0.39, 0.29) is 0 Å². The molecule has 0 radical (unpaired) electrons. The predicted molar refractivity (Wildman–Crippen MR) is 86.5 cm³/mol. The topological polar surface area (TPSA) is 87.2 Å². The molecule has 4 rings (SSSR count). The van der Waals surface area contributed by atoms with E-state index in [1.165, 1.54) is 9.59 Å². The fourth-order valence-corrected chi connectivity index (χ4v) is 2.26. The van der Waals surface area contributed by atoms with Crippen LogP contribution in [0.3, 0.4) is 0 Å². The molecule has 8 heteroatoms. The summed E-state index contributed by atoms with van der Waals surface area (Å²) in [6.45, 7) is 1.04. The van der Waals surface area contributed by atoms with Crippen LogP contribution in [0.1, 0.15) is 0 Å². The van der Waals surface area contributed by atoms with E-state index in [1.54, 1.807) is 0 Å². The Morgan fingerprint density at radius 3 is 1.42 bits per heavy atom. The van der Waals surface area contributed by atoms with E-state index in [4.69, 9.17) is 0 Å². The lowest BCUT2D eigenvalue weighted by Gasteiger charge is -1.97. The summed E-state index contributed by atoms with van der Waals surface area (Å²) >= 11 is 0. The van der Waals surface area contributed by atoms with Gasteiger partial charge in [0.05, 0.1) is 13.1 Å². The van der Waals surface area contributed by atoms with Crippen LogP contribution in [0.4, 0.5) is 0 Å². The van der Waals surface area contributed by atoms with Crippen LogP contribution in [0.15, 0.2) is 60.7 Å². The number of aryl methyl sites for hydroxylation is 2. The molecule has 0 N–H and O–H groups in total. The fourth-order valence-electron chi connectivity index (χ4n) is 2.26. The zero-order chi connectivity index (χ0) is 16.2. The summed E-state index contributed by atoms with van der Waals surface area (Å²) in [7, 11) is 0. The van der Waals surface area contributed by atoms with Crippen molar-refractivity contribution in [2.45, 2.75) is 13.1 Å². The smallest absolute Gasteiger partial charge is 0.162 e. The van der Waals surface area contributed by atoms with E-state index in [2.05, 4.69) is 30.8 Å². The standard InChI is InChI=1S/C16H14N8/c1-3-7-13(8-4-1)15-17-21-23(19-15)11-12-24-20-16(18-22-24)14-9-5-2-6-10-14/h1-10H,11-12H2. The monoisotopic (exact) mass is 318 g/mol. The molecule has 2 aromatic carbocycles. The minimum Gasteiger partial charge on any atom is -0.162 e. The Hall–Kier alpha value is -3.42. The largest absolute Gasteiger partial charge is 0.204 e. The maximum Gasteiger partial charge on any atom is 0.204 e. The lowest BCUT2D eigenvalue weighted by Crippen LogP contribution is -2.12. The lowest BCUT2D eigenvalue weighted by atomic mass is 10.2. The van der Waals surface area contributed by atoms with Gasteiger partial charge < -0.3 is 0 Å². The first-order valence-corrected chi connectivity index (χ1v) is 7.55. The van der Waals surface area contributed by atoms with E-state index in [0.717, 1.165) is 11.1 Å². The average Bonchev–Trinajstić information content (AvgIpc) is 3.31. The Morgan fingerprint density at radius 1 is 0.583 bits per heavy atom. The third kappa shape index (κ3) is 3.02. The third-order valence-corrected chi connectivity index (χ3v) is 3.47. The van der Waals surface area contributed by atoms with Crippen molar-refractivity contribution < 1.29 is 0 Å². The number of rotatable bonds is 5. The van der Waals surface area contributed by atoms with E-state index < -0.39 is 0 Å². The lowest BCUT2D eigenvalue weighted by molar-refractivity contribution is 0.416. The van der Waals surface area contributed by atoms with Crippen LogP contribution >= 0.6 is 0 Å². The first kappa shape index (κ1) is 14.2. The summed E-state index contributed by atoms with van der Waals surface area (Å²) in [5, 5.41) is 25.0. The van der Waals surface area contributed by atoms with Crippen LogP contribution in [-0.4, -0.2) is 40.4 Å². The van der Waals surface area contributed by atoms with Crippen molar-refractivity contribution in [2.24, 2.45) is 0 Å². The van der Waals surface area contributed by atoms with Crippen molar-refractivity contribution in [3.8, 4) is 22.8 Å². The van der Waals surface area contributed by atoms with Crippen LogP contribution < -0.4 is 0 Å². The zero-order valence-corrected chi connectivity index (χ0v) is 12.8. The minimum atomic E-state index is 0.518. The summed E-state index contributed by atoms with van der Waals surface area (Å²) in [5.41, 5.74) is 1.88. The fraction of sp³-hybridized carbons (Fsp3) is 0.125. The Labute approximate surface area is 137 Å². The van der Waals surface area contributed by atoms with Crippen molar-refractivity contribution >= 4 is 0 Å². The second kappa shape index (κ2) is 6.37. The van der Waals surface area contributed by atoms with Gasteiger partial charge in [-0.1, -0.05) is 60.7 Å². The molecule has 8 nitrogen and oxygen atoms in total. The van der Waals surface area contributed by atoms with E-state index >= 15 is 0 Å². The third-order valence-electron chi connectivity index (χ3n) is 3.47. The normalized spacial score (nSPS) is 10.8. The van der Waals surface area contributed by atoms with E-state index in [0.29, 0.717) is 24.7 Å². The molecule has 0 atom stereocenters. The quantitative estimate of drug-likeness (QED) is 0.556. The molecule has 0 aliphatic heterocycles. The second-order valence-corrected chi connectivity index (χ2v) is 5.15. The molecule has 4 aromatic rings. The molecule has 0 saturated carbocycles. The average molecular weight is 318 g/mol. The van der Waals surface area contributed by atoms with Crippen LogP contribution in [0.5, 0.6) is 0 Å². The molecular formula is C16H14N8. The van der Waals surface area contributed by atoms with Gasteiger partial charge in [0.2, 0.25) is 11.6 Å². The molecule has 0 spiro atoms. The minimum absolute atomic E-state index is 0.518. The molecule has 0 aliphatic rings. The van der Waals surface area contributed by atoms with Gasteiger partial charge >= 0.3 is 0 Å². The highest BCUT2D eigenvalue weighted by Crippen LogP contribution is 2.12. The molecular weight excluding hydrogens is 304 g/mol. The van der Waals surface area contributed by atoms with Crippen molar-refractivity contribution in [1.29, 1.82) is 0 Å². The van der Waals surface area contributed by atoms with Crippen LogP contribution in [0, 0.1) is 0 Å². The molecule has 24 heavy (non-hydrogen) atoms. The van der Waals surface area contributed by atoms with Crippen molar-refractivity contribution in [3.05, 3.63) is 60.7 Å². The molecule has 0 fully saturated rings. The van der Waals surface area contributed by atoms with Gasteiger partial charge in [-0.3, -0.25) is 0 Å². The highest BCUT2D eigenvalue weighted by atomic mass is 15.6. The number of benzene rings is 2.